The van der Waals surface area contributed by atoms with E-state index in [4.69, 9.17) is 10.5 Å². The van der Waals surface area contributed by atoms with Crippen LogP contribution in [0.4, 0.5) is 0 Å². The van der Waals surface area contributed by atoms with Gasteiger partial charge in [-0.05, 0) is 25.9 Å². The van der Waals surface area contributed by atoms with Crippen molar-refractivity contribution in [1.82, 2.24) is 5.32 Å². The first-order chi connectivity index (χ1) is 5.41. The summed E-state index contributed by atoms with van der Waals surface area (Å²) >= 11 is 0. The molecule has 0 radical (unpaired) electrons. The van der Waals surface area contributed by atoms with Gasteiger partial charge in [0.25, 0.3) is 0 Å². The Labute approximate surface area is 67.6 Å². The van der Waals surface area contributed by atoms with Crippen LogP contribution >= 0.6 is 0 Å². The second kappa shape index (κ2) is 8.94. The average molecular weight is 151 g/mol. The van der Waals surface area contributed by atoms with E-state index in [1.807, 2.05) is 0 Å². The molecule has 0 atom stereocenters. The predicted octanol–water partition coefficient (Wildman–Crippen LogP) is 1.18. The van der Waals surface area contributed by atoms with E-state index in [9.17, 15) is 0 Å². The van der Waals surface area contributed by atoms with Crippen molar-refractivity contribution in [3.8, 4) is 12.1 Å². The third-order valence-electron chi connectivity index (χ3n) is 1.28. The van der Waals surface area contributed by atoms with Crippen molar-refractivity contribution in [3.63, 3.8) is 0 Å². The summed E-state index contributed by atoms with van der Waals surface area (Å²) in [6.45, 7) is 1.78. The summed E-state index contributed by atoms with van der Waals surface area (Å²) in [5, 5.41) is 19.5. The van der Waals surface area contributed by atoms with E-state index in [1.54, 1.807) is 0 Å². The van der Waals surface area contributed by atoms with Gasteiger partial charge in [0.05, 0.1) is 12.1 Å². The highest BCUT2D eigenvalue weighted by molar-refractivity contribution is 4.70. The molecular weight excluding hydrogens is 138 g/mol. The van der Waals surface area contributed by atoms with Gasteiger partial charge < -0.3 is 5.32 Å². The average Bonchev–Trinajstić information content (AvgIpc) is 2.03. The fourth-order valence-corrected chi connectivity index (χ4v) is 0.710. The quantitative estimate of drug-likeness (QED) is 0.580. The molecule has 0 rings (SSSR count). The van der Waals surface area contributed by atoms with Gasteiger partial charge in [-0.2, -0.15) is 10.5 Å². The van der Waals surface area contributed by atoms with Gasteiger partial charge in [-0.3, -0.25) is 0 Å². The fourth-order valence-electron chi connectivity index (χ4n) is 0.710. The van der Waals surface area contributed by atoms with Gasteiger partial charge in [0.2, 0.25) is 0 Å². The Kier molecular flexibility index (Phi) is 8.08. The van der Waals surface area contributed by atoms with E-state index < -0.39 is 0 Å². The Morgan fingerprint density at radius 1 is 0.909 bits per heavy atom. The highest BCUT2D eigenvalue weighted by atomic mass is 14.8. The maximum absolute atomic E-state index is 8.19. The number of hydrogen-bond donors (Lipinski definition) is 1. The third kappa shape index (κ3) is 8.94. The molecule has 0 heterocycles. The van der Waals surface area contributed by atoms with Crippen LogP contribution < -0.4 is 5.32 Å². The molecule has 0 unspecified atom stereocenters. The molecule has 0 amide bonds. The molecule has 0 bridgehead atoms. The van der Waals surface area contributed by atoms with Crippen LogP contribution in [0.1, 0.15) is 25.7 Å². The van der Waals surface area contributed by atoms with Crippen LogP contribution in [0.5, 0.6) is 0 Å². The van der Waals surface area contributed by atoms with Crippen LogP contribution in [0, 0.1) is 22.7 Å². The summed E-state index contributed by atoms with van der Waals surface area (Å²) < 4.78 is 0. The van der Waals surface area contributed by atoms with Gasteiger partial charge in [0.1, 0.15) is 0 Å². The lowest BCUT2D eigenvalue weighted by Gasteiger charge is -1.98. The standard InChI is InChI=1S/C8H13N3/c9-5-1-3-7-11-8-4-2-6-10/h11H,1-4,7-8H2. The molecule has 11 heavy (non-hydrogen) atoms. The second-order valence-corrected chi connectivity index (χ2v) is 2.27. The van der Waals surface area contributed by atoms with Gasteiger partial charge in [0.15, 0.2) is 0 Å². The summed E-state index contributed by atoms with van der Waals surface area (Å²) in [5.74, 6) is 0. The van der Waals surface area contributed by atoms with Gasteiger partial charge in [-0.1, -0.05) is 0 Å². The first kappa shape index (κ1) is 9.94. The van der Waals surface area contributed by atoms with Crippen molar-refractivity contribution in [2.24, 2.45) is 0 Å². The van der Waals surface area contributed by atoms with E-state index in [2.05, 4.69) is 17.5 Å². The zero-order valence-corrected chi connectivity index (χ0v) is 6.64. The minimum atomic E-state index is 0.616. The number of nitrogens with zero attached hydrogens (tertiary/aromatic N) is 2. The van der Waals surface area contributed by atoms with Gasteiger partial charge >= 0.3 is 0 Å². The molecule has 0 fully saturated rings. The van der Waals surface area contributed by atoms with Crippen LogP contribution in [-0.2, 0) is 0 Å². The lowest BCUT2D eigenvalue weighted by molar-refractivity contribution is 0.634. The van der Waals surface area contributed by atoms with Crippen molar-refractivity contribution < 1.29 is 0 Å². The maximum Gasteiger partial charge on any atom is 0.0622 e. The number of unbranched alkanes of at least 4 members (excludes halogenated alkanes) is 2. The van der Waals surface area contributed by atoms with Crippen molar-refractivity contribution in [2.45, 2.75) is 25.7 Å². The lowest BCUT2D eigenvalue weighted by atomic mass is 10.3. The monoisotopic (exact) mass is 151 g/mol. The summed E-state index contributed by atoms with van der Waals surface area (Å²) in [6, 6.07) is 4.15. The van der Waals surface area contributed by atoms with Gasteiger partial charge in [-0.15, -0.1) is 0 Å². The van der Waals surface area contributed by atoms with Crippen molar-refractivity contribution >= 4 is 0 Å². The normalized spacial score (nSPS) is 8.55. The summed E-state index contributed by atoms with van der Waals surface area (Å²) in [6.07, 6.45) is 3.04. The number of nitriles is 2. The van der Waals surface area contributed by atoms with E-state index >= 15 is 0 Å². The maximum atomic E-state index is 8.19. The fraction of sp³-hybridized carbons (Fsp3) is 0.750. The Morgan fingerprint density at radius 2 is 1.36 bits per heavy atom. The Balaban J connectivity index is 2.82. The van der Waals surface area contributed by atoms with Gasteiger partial charge in [-0.25, -0.2) is 0 Å². The van der Waals surface area contributed by atoms with E-state index in [0.29, 0.717) is 12.8 Å². The molecule has 0 aliphatic rings. The third-order valence-corrected chi connectivity index (χ3v) is 1.28. The first-order valence-corrected chi connectivity index (χ1v) is 3.86. The molecule has 0 aromatic heterocycles. The highest BCUT2D eigenvalue weighted by Crippen LogP contribution is 1.85. The zero-order valence-electron chi connectivity index (χ0n) is 6.64. The van der Waals surface area contributed by atoms with Crippen LogP contribution in [-0.4, -0.2) is 13.1 Å². The van der Waals surface area contributed by atoms with Crippen LogP contribution in [0.15, 0.2) is 0 Å². The molecule has 1 N–H and O–H groups in total. The molecule has 0 aromatic rings. The summed E-state index contributed by atoms with van der Waals surface area (Å²) in [7, 11) is 0. The van der Waals surface area contributed by atoms with Gasteiger partial charge in [0, 0.05) is 12.8 Å². The molecule has 0 spiro atoms. The van der Waals surface area contributed by atoms with Crippen molar-refractivity contribution in [3.05, 3.63) is 0 Å². The molecule has 0 saturated heterocycles. The molecule has 0 aliphatic heterocycles. The largest absolute Gasteiger partial charge is 0.317 e. The second-order valence-electron chi connectivity index (χ2n) is 2.27. The topological polar surface area (TPSA) is 59.6 Å². The Bertz CT molecular complexity index is 134. The highest BCUT2D eigenvalue weighted by Gasteiger charge is 1.86. The summed E-state index contributed by atoms with van der Waals surface area (Å²) in [5.41, 5.74) is 0. The molecule has 3 heteroatoms. The SMILES string of the molecule is N#CCCCNCCCC#N. The van der Waals surface area contributed by atoms with Crippen molar-refractivity contribution in [2.75, 3.05) is 13.1 Å². The molecular formula is C8H13N3. The van der Waals surface area contributed by atoms with Crippen LogP contribution in [0.25, 0.3) is 0 Å². The minimum Gasteiger partial charge on any atom is -0.317 e. The van der Waals surface area contributed by atoms with Crippen molar-refractivity contribution in [1.29, 1.82) is 10.5 Å². The Morgan fingerprint density at radius 3 is 1.73 bits per heavy atom. The van der Waals surface area contributed by atoms with E-state index in [-0.39, 0.29) is 0 Å². The van der Waals surface area contributed by atoms with Crippen LogP contribution in [0.2, 0.25) is 0 Å². The van der Waals surface area contributed by atoms with E-state index in [1.165, 1.54) is 0 Å². The molecule has 3 nitrogen and oxygen atoms in total. The molecule has 0 aliphatic carbocycles. The van der Waals surface area contributed by atoms with Crippen LogP contribution in [0.3, 0.4) is 0 Å². The van der Waals surface area contributed by atoms with E-state index in [0.717, 1.165) is 25.9 Å². The predicted molar refractivity (Wildman–Crippen MR) is 42.6 cm³/mol. The first-order valence-electron chi connectivity index (χ1n) is 3.86. The Hall–Kier alpha value is -1.06. The summed E-state index contributed by atoms with van der Waals surface area (Å²) in [4.78, 5) is 0. The molecule has 60 valence electrons. The lowest BCUT2D eigenvalue weighted by Crippen LogP contribution is -2.16. The number of nitrogens with one attached hydrogen (secondary N) is 1. The molecule has 0 aromatic carbocycles. The zero-order chi connectivity index (χ0) is 8.36. The number of rotatable bonds is 6. The number of hydrogen-bond acceptors (Lipinski definition) is 3. The smallest absolute Gasteiger partial charge is 0.0622 e. The minimum absolute atomic E-state index is 0.616. The molecule has 0 saturated carbocycles.